The summed E-state index contributed by atoms with van der Waals surface area (Å²) in [5.41, 5.74) is 7.02. The van der Waals surface area contributed by atoms with E-state index in [9.17, 15) is 4.79 Å². The molecule has 34 heavy (non-hydrogen) atoms. The average molecular weight is 588 g/mol. The highest BCUT2D eigenvalue weighted by molar-refractivity contribution is 14.1. The number of amides is 1. The first kappa shape index (κ1) is 24.1. The van der Waals surface area contributed by atoms with Crippen LogP contribution in [-0.4, -0.2) is 44.2 Å². The third-order valence-electron chi connectivity index (χ3n) is 4.64. The zero-order valence-electron chi connectivity index (χ0n) is 19.3. The van der Waals surface area contributed by atoms with Crippen molar-refractivity contribution in [2.24, 2.45) is 5.10 Å². The van der Waals surface area contributed by atoms with Gasteiger partial charge < -0.3 is 14.0 Å². The van der Waals surface area contributed by atoms with Crippen LogP contribution in [0.4, 0.5) is 10.5 Å². The Balaban J connectivity index is 1.33. The molecule has 0 radical (unpaired) electrons. The fourth-order valence-corrected chi connectivity index (χ4v) is 4.23. The van der Waals surface area contributed by atoms with Crippen LogP contribution < -0.4 is 5.43 Å². The summed E-state index contributed by atoms with van der Waals surface area (Å²) < 4.78 is 8.56. The lowest BCUT2D eigenvalue weighted by molar-refractivity contribution is 0.0283. The van der Waals surface area contributed by atoms with E-state index in [0.29, 0.717) is 6.54 Å². The van der Waals surface area contributed by atoms with Gasteiger partial charge in [0.25, 0.3) is 0 Å². The first-order chi connectivity index (χ1) is 16.2. The number of imidazole rings is 1. The molecule has 1 amide bonds. The molecule has 8 nitrogen and oxygen atoms in total. The van der Waals surface area contributed by atoms with Gasteiger partial charge in [-0.25, -0.2) is 14.8 Å². The molecule has 0 saturated carbocycles. The van der Waals surface area contributed by atoms with Crippen molar-refractivity contribution in [3.63, 3.8) is 0 Å². The van der Waals surface area contributed by atoms with Gasteiger partial charge in [0, 0.05) is 34.0 Å². The first-order valence-electron chi connectivity index (χ1n) is 10.6. The Bertz CT molecular complexity index is 1320. The van der Waals surface area contributed by atoms with E-state index in [1.165, 1.54) is 16.2 Å². The summed E-state index contributed by atoms with van der Waals surface area (Å²) in [6.45, 7) is 5.90. The summed E-state index contributed by atoms with van der Waals surface area (Å²) in [7, 11) is 1.69. The van der Waals surface area contributed by atoms with Crippen LogP contribution >= 0.6 is 33.9 Å². The zero-order chi connectivity index (χ0) is 24.3. The minimum absolute atomic E-state index is 0.371. The Kier molecular flexibility index (Phi) is 7.17. The maximum absolute atomic E-state index is 12.1. The topological polar surface area (TPSA) is 84.1 Å². The van der Waals surface area contributed by atoms with Crippen molar-refractivity contribution < 1.29 is 9.53 Å². The fourth-order valence-electron chi connectivity index (χ4n) is 3.08. The molecule has 4 rings (SSSR count). The van der Waals surface area contributed by atoms with E-state index < -0.39 is 5.60 Å². The lowest BCUT2D eigenvalue weighted by Gasteiger charge is -2.24. The minimum Gasteiger partial charge on any atom is -0.444 e. The Morgan fingerprint density at radius 3 is 2.71 bits per heavy atom. The maximum atomic E-state index is 12.1. The number of hydrogen-bond acceptors (Lipinski definition) is 7. The van der Waals surface area contributed by atoms with E-state index in [-0.39, 0.29) is 6.09 Å². The number of hydrazone groups is 1. The molecular weight excluding hydrogens is 563 g/mol. The third-order valence-corrected chi connectivity index (χ3v) is 6.10. The van der Waals surface area contributed by atoms with Crippen LogP contribution in [0.25, 0.3) is 16.9 Å². The standard InChI is InChI=1S/C24H25IN6O2S/c1-24(2,3)33-23(32)30(4)13-19-15-34-22(27-19)11-26-29-18-8-5-16(6-9-18)20-14-31-12-17(25)7-10-21(31)28-20/h5-12,14-15,29H,13H2,1-4H3/b26-11+. The molecule has 0 aliphatic carbocycles. The second-order valence-corrected chi connectivity index (χ2v) is 10.8. The van der Waals surface area contributed by atoms with Crippen molar-refractivity contribution in [2.75, 3.05) is 12.5 Å². The normalized spacial score (nSPS) is 11.8. The van der Waals surface area contributed by atoms with Crippen LogP contribution in [0.3, 0.4) is 0 Å². The van der Waals surface area contributed by atoms with Crippen molar-refractivity contribution >= 4 is 57.6 Å². The van der Waals surface area contributed by atoms with E-state index in [4.69, 9.17) is 4.74 Å². The molecule has 0 unspecified atom stereocenters. The summed E-state index contributed by atoms with van der Waals surface area (Å²) in [6.07, 6.45) is 5.37. The van der Waals surface area contributed by atoms with Crippen LogP contribution in [0, 0.1) is 3.57 Å². The summed E-state index contributed by atoms with van der Waals surface area (Å²) in [5, 5.41) is 6.94. The van der Waals surface area contributed by atoms with Gasteiger partial charge in [0.05, 0.1) is 29.8 Å². The number of halogens is 1. The Hall–Kier alpha value is -2.99. The largest absolute Gasteiger partial charge is 0.444 e. The van der Waals surface area contributed by atoms with Crippen LogP contribution in [0.15, 0.2) is 59.3 Å². The molecule has 4 aromatic rings. The molecule has 10 heteroatoms. The maximum Gasteiger partial charge on any atom is 0.410 e. The molecule has 3 aromatic heterocycles. The van der Waals surface area contributed by atoms with Gasteiger partial charge in [-0.15, -0.1) is 11.3 Å². The van der Waals surface area contributed by atoms with E-state index in [0.717, 1.165) is 36.9 Å². The molecule has 1 aromatic carbocycles. The number of benzene rings is 1. The van der Waals surface area contributed by atoms with E-state index in [1.54, 1.807) is 13.3 Å². The van der Waals surface area contributed by atoms with Crippen LogP contribution in [0.2, 0.25) is 0 Å². The highest BCUT2D eigenvalue weighted by atomic mass is 127. The van der Waals surface area contributed by atoms with Gasteiger partial charge in [-0.05, 0) is 67.6 Å². The average Bonchev–Trinajstić information content (AvgIpc) is 3.39. The number of pyridine rings is 1. The molecule has 176 valence electrons. The summed E-state index contributed by atoms with van der Waals surface area (Å²) >= 11 is 3.75. The van der Waals surface area contributed by atoms with Crippen molar-refractivity contribution in [1.29, 1.82) is 0 Å². The third kappa shape index (κ3) is 6.32. The molecule has 0 aliphatic heterocycles. The molecule has 0 saturated heterocycles. The van der Waals surface area contributed by atoms with Gasteiger partial charge in [0.2, 0.25) is 0 Å². The Labute approximate surface area is 215 Å². The number of fused-ring (bicyclic) bond motifs is 1. The highest BCUT2D eigenvalue weighted by Crippen LogP contribution is 2.22. The molecule has 3 heterocycles. The first-order valence-corrected chi connectivity index (χ1v) is 12.5. The second kappa shape index (κ2) is 10.1. The monoisotopic (exact) mass is 588 g/mol. The minimum atomic E-state index is -0.527. The summed E-state index contributed by atoms with van der Waals surface area (Å²) in [5.74, 6) is 0. The Morgan fingerprint density at radius 2 is 1.97 bits per heavy atom. The number of anilines is 1. The smallest absolute Gasteiger partial charge is 0.410 e. The number of carbonyl (C=O) groups excluding carboxylic acids is 1. The quantitative estimate of drug-likeness (QED) is 0.173. The predicted octanol–water partition coefficient (Wildman–Crippen LogP) is 5.88. The van der Waals surface area contributed by atoms with Crippen LogP contribution in [0.5, 0.6) is 0 Å². The van der Waals surface area contributed by atoms with Crippen molar-refractivity contribution in [2.45, 2.75) is 32.9 Å². The number of aromatic nitrogens is 3. The number of nitrogens with zero attached hydrogens (tertiary/aromatic N) is 5. The van der Waals surface area contributed by atoms with Crippen LogP contribution in [0.1, 0.15) is 31.5 Å². The second-order valence-electron chi connectivity index (χ2n) is 8.70. The van der Waals surface area contributed by atoms with E-state index in [2.05, 4.69) is 49.3 Å². The molecule has 0 bridgehead atoms. The predicted molar refractivity (Wildman–Crippen MR) is 144 cm³/mol. The zero-order valence-corrected chi connectivity index (χ0v) is 22.3. The number of nitrogens with one attached hydrogen (secondary N) is 1. The van der Waals surface area contributed by atoms with Crippen molar-refractivity contribution in [3.8, 4) is 11.3 Å². The number of ether oxygens (including phenoxy) is 1. The SMILES string of the molecule is CN(Cc1csc(/C=N/Nc2ccc(-c3cn4cc(I)ccc4n3)cc2)n1)C(=O)OC(C)(C)C. The molecule has 0 fully saturated rings. The van der Waals surface area contributed by atoms with Crippen molar-refractivity contribution in [3.05, 3.63) is 68.4 Å². The number of hydrogen-bond donors (Lipinski definition) is 1. The lowest BCUT2D eigenvalue weighted by atomic mass is 10.1. The molecular formula is C24H25IN6O2S. The summed E-state index contributed by atoms with van der Waals surface area (Å²) in [6, 6.07) is 12.0. The number of rotatable bonds is 6. The van der Waals surface area contributed by atoms with Crippen LogP contribution in [-0.2, 0) is 11.3 Å². The molecule has 1 N–H and O–H groups in total. The van der Waals surface area contributed by atoms with Gasteiger partial charge in [0.1, 0.15) is 16.3 Å². The lowest BCUT2D eigenvalue weighted by Crippen LogP contribution is -2.33. The van der Waals surface area contributed by atoms with Crippen molar-refractivity contribution in [1.82, 2.24) is 19.3 Å². The number of carbonyl (C=O) groups is 1. The number of thiazole rings is 1. The molecule has 0 atom stereocenters. The van der Waals surface area contributed by atoms with Gasteiger partial charge in [-0.3, -0.25) is 5.43 Å². The Morgan fingerprint density at radius 1 is 1.21 bits per heavy atom. The van der Waals surface area contributed by atoms with Gasteiger partial charge in [-0.1, -0.05) is 12.1 Å². The van der Waals surface area contributed by atoms with Gasteiger partial charge in [0.15, 0.2) is 0 Å². The van der Waals surface area contributed by atoms with E-state index in [1.807, 2.05) is 73.1 Å². The molecule has 0 aliphatic rings. The van der Waals surface area contributed by atoms with Gasteiger partial charge in [-0.2, -0.15) is 5.10 Å². The fraction of sp³-hybridized carbons (Fsp3) is 0.250. The summed E-state index contributed by atoms with van der Waals surface area (Å²) in [4.78, 5) is 22.8. The molecule has 0 spiro atoms. The van der Waals surface area contributed by atoms with Gasteiger partial charge >= 0.3 is 6.09 Å². The highest BCUT2D eigenvalue weighted by Gasteiger charge is 2.20. The van der Waals surface area contributed by atoms with E-state index >= 15 is 0 Å².